The van der Waals surface area contributed by atoms with Crippen molar-refractivity contribution in [1.82, 2.24) is 9.21 Å². The lowest BCUT2D eigenvalue weighted by Crippen LogP contribution is -2.69. The van der Waals surface area contributed by atoms with Gasteiger partial charge in [-0.15, -0.1) is 0 Å². The minimum absolute atomic E-state index is 0.0977. The average molecular weight is 370 g/mol. The van der Waals surface area contributed by atoms with Crippen molar-refractivity contribution < 1.29 is 23.1 Å². The molecule has 1 aromatic carbocycles. The van der Waals surface area contributed by atoms with Crippen molar-refractivity contribution in [3.63, 3.8) is 0 Å². The van der Waals surface area contributed by atoms with E-state index in [0.717, 1.165) is 11.8 Å². The molecule has 0 unspecified atom stereocenters. The lowest BCUT2D eigenvalue weighted by Gasteiger charge is -2.55. The van der Waals surface area contributed by atoms with Crippen LogP contribution in [-0.4, -0.2) is 80.4 Å². The van der Waals surface area contributed by atoms with Crippen LogP contribution in [0.4, 0.5) is 0 Å². The van der Waals surface area contributed by atoms with E-state index in [1.807, 2.05) is 30.3 Å². The highest BCUT2D eigenvalue weighted by molar-refractivity contribution is 7.88. The number of hydrogen-bond acceptors (Lipinski definition) is 5. The van der Waals surface area contributed by atoms with Crippen LogP contribution in [0.15, 0.2) is 30.3 Å². The number of benzene rings is 1. The molecule has 8 heteroatoms. The van der Waals surface area contributed by atoms with Crippen LogP contribution in [0.1, 0.15) is 18.4 Å². The van der Waals surface area contributed by atoms with Crippen LogP contribution in [-0.2, 0) is 19.6 Å². The standard InChI is InChI=1S/C17H26N2O5S/c1-4-18(25(3,22)23)10-14-17(13-8-6-5-7-9-13)15(11-20)19(14)16(21)12-24-2/h5-9,14-15,17,20H,4,10-12H2,1-3H3/t14-,15-,17+/m1/s1. The number of likely N-dealkylation sites (N-methyl/N-ethyl adjacent to an activating group) is 1. The summed E-state index contributed by atoms with van der Waals surface area (Å²) in [6.45, 7) is 2.01. The molecule has 0 saturated carbocycles. The van der Waals surface area contributed by atoms with Crippen LogP contribution in [0.5, 0.6) is 0 Å². The molecular weight excluding hydrogens is 344 g/mol. The Hall–Kier alpha value is -1.48. The van der Waals surface area contributed by atoms with Crippen LogP contribution in [0.2, 0.25) is 0 Å². The number of aliphatic hydroxyl groups excluding tert-OH is 1. The number of likely N-dealkylation sites (tertiary alicyclic amines) is 1. The maximum Gasteiger partial charge on any atom is 0.249 e. The highest BCUT2D eigenvalue weighted by Crippen LogP contribution is 2.41. The molecule has 25 heavy (non-hydrogen) atoms. The van der Waals surface area contributed by atoms with Gasteiger partial charge in [0.15, 0.2) is 0 Å². The smallest absolute Gasteiger partial charge is 0.249 e. The summed E-state index contributed by atoms with van der Waals surface area (Å²) in [6.07, 6.45) is 1.16. The van der Waals surface area contributed by atoms with Crippen LogP contribution in [0, 0.1) is 0 Å². The molecule has 1 aromatic rings. The Morgan fingerprint density at radius 1 is 1.28 bits per heavy atom. The number of hydrogen-bond donors (Lipinski definition) is 1. The van der Waals surface area contributed by atoms with Crippen molar-refractivity contribution in [2.45, 2.75) is 24.9 Å². The number of aliphatic hydroxyl groups is 1. The van der Waals surface area contributed by atoms with Gasteiger partial charge in [0.2, 0.25) is 15.9 Å². The third-order valence-corrected chi connectivity index (χ3v) is 6.03. The molecule has 1 heterocycles. The molecule has 1 N–H and O–H groups in total. The van der Waals surface area contributed by atoms with Gasteiger partial charge in [0.05, 0.1) is 24.9 Å². The van der Waals surface area contributed by atoms with E-state index in [1.54, 1.807) is 11.8 Å². The van der Waals surface area contributed by atoms with Crippen molar-refractivity contribution in [3.05, 3.63) is 35.9 Å². The van der Waals surface area contributed by atoms with E-state index in [9.17, 15) is 18.3 Å². The van der Waals surface area contributed by atoms with E-state index in [2.05, 4.69) is 0 Å². The summed E-state index contributed by atoms with van der Waals surface area (Å²) >= 11 is 0. The van der Waals surface area contributed by atoms with Gasteiger partial charge >= 0.3 is 0 Å². The van der Waals surface area contributed by atoms with Gasteiger partial charge in [0, 0.05) is 26.1 Å². The van der Waals surface area contributed by atoms with Gasteiger partial charge in [-0.3, -0.25) is 4.79 Å². The molecule has 0 aromatic heterocycles. The van der Waals surface area contributed by atoms with Crippen molar-refractivity contribution in [1.29, 1.82) is 0 Å². The predicted octanol–water partition coefficient (Wildman–Crippen LogP) is 0.270. The second-order valence-corrected chi connectivity index (χ2v) is 8.18. The molecule has 7 nitrogen and oxygen atoms in total. The Bertz CT molecular complexity index is 680. The molecule has 140 valence electrons. The summed E-state index contributed by atoms with van der Waals surface area (Å²) in [5.41, 5.74) is 0.984. The number of carbonyl (C=O) groups excluding carboxylic acids is 1. The van der Waals surface area contributed by atoms with E-state index in [-0.39, 0.29) is 43.7 Å². The highest BCUT2D eigenvalue weighted by atomic mass is 32.2. The first-order valence-electron chi connectivity index (χ1n) is 8.26. The number of methoxy groups -OCH3 is 1. The fraction of sp³-hybridized carbons (Fsp3) is 0.588. The SMILES string of the molecule is CCN(C[C@@H]1[C@H](c2ccccc2)[C@@H](CO)N1C(=O)COC)S(C)(=O)=O. The molecule has 1 saturated heterocycles. The zero-order chi connectivity index (χ0) is 18.6. The zero-order valence-electron chi connectivity index (χ0n) is 14.8. The van der Waals surface area contributed by atoms with Gasteiger partial charge in [-0.05, 0) is 5.56 Å². The lowest BCUT2D eigenvalue weighted by molar-refractivity contribution is -0.155. The summed E-state index contributed by atoms with van der Waals surface area (Å²) in [5.74, 6) is -0.369. The van der Waals surface area contributed by atoms with Gasteiger partial charge in [0.25, 0.3) is 0 Å². The van der Waals surface area contributed by atoms with E-state index < -0.39 is 10.0 Å². The van der Waals surface area contributed by atoms with Gasteiger partial charge in [0.1, 0.15) is 6.61 Å². The van der Waals surface area contributed by atoms with Crippen molar-refractivity contribution in [3.8, 4) is 0 Å². The van der Waals surface area contributed by atoms with Crippen molar-refractivity contribution in [2.24, 2.45) is 0 Å². The van der Waals surface area contributed by atoms with Gasteiger partial charge < -0.3 is 14.7 Å². The van der Waals surface area contributed by atoms with E-state index in [4.69, 9.17) is 4.74 Å². The molecule has 1 fully saturated rings. The van der Waals surface area contributed by atoms with Crippen LogP contribution < -0.4 is 0 Å². The molecule has 0 radical (unpaired) electrons. The number of rotatable bonds is 8. The number of sulfonamides is 1. The fourth-order valence-electron chi connectivity index (χ4n) is 3.55. The minimum Gasteiger partial charge on any atom is -0.394 e. The van der Waals surface area contributed by atoms with Gasteiger partial charge in [-0.25, -0.2) is 12.7 Å². The minimum atomic E-state index is -3.38. The molecule has 0 spiro atoms. The second kappa shape index (κ2) is 8.27. The normalized spacial score (nSPS) is 23.6. The summed E-state index contributed by atoms with van der Waals surface area (Å²) in [5, 5.41) is 9.81. The Balaban J connectivity index is 2.34. The van der Waals surface area contributed by atoms with Crippen molar-refractivity contribution >= 4 is 15.9 Å². The first kappa shape index (κ1) is 19.8. The maximum atomic E-state index is 12.4. The Labute approximate surface area is 149 Å². The largest absolute Gasteiger partial charge is 0.394 e. The summed E-state index contributed by atoms with van der Waals surface area (Å²) in [7, 11) is -1.94. The summed E-state index contributed by atoms with van der Waals surface area (Å²) in [4.78, 5) is 14.0. The van der Waals surface area contributed by atoms with E-state index in [0.29, 0.717) is 6.54 Å². The molecular formula is C17H26N2O5S. The third kappa shape index (κ3) is 4.20. The third-order valence-electron chi connectivity index (χ3n) is 4.68. The molecule has 0 aliphatic carbocycles. The molecule has 1 aliphatic heterocycles. The Kier molecular flexibility index (Phi) is 6.56. The topological polar surface area (TPSA) is 87.2 Å². The first-order chi connectivity index (χ1) is 11.8. The molecule has 2 rings (SSSR count). The highest BCUT2D eigenvalue weighted by Gasteiger charge is 2.51. The Morgan fingerprint density at radius 2 is 1.92 bits per heavy atom. The molecule has 1 amide bonds. The van der Waals surface area contributed by atoms with E-state index >= 15 is 0 Å². The number of carbonyl (C=O) groups is 1. The average Bonchev–Trinajstić information content (AvgIpc) is 2.54. The molecule has 3 atom stereocenters. The van der Waals surface area contributed by atoms with E-state index in [1.165, 1.54) is 11.4 Å². The van der Waals surface area contributed by atoms with Gasteiger partial charge in [-0.1, -0.05) is 37.3 Å². The summed E-state index contributed by atoms with van der Waals surface area (Å²) < 4.78 is 30.3. The number of amides is 1. The fourth-order valence-corrected chi connectivity index (χ4v) is 4.44. The first-order valence-corrected chi connectivity index (χ1v) is 10.1. The summed E-state index contributed by atoms with van der Waals surface area (Å²) in [6, 6.07) is 8.85. The second-order valence-electron chi connectivity index (χ2n) is 6.20. The van der Waals surface area contributed by atoms with Crippen molar-refractivity contribution in [2.75, 3.05) is 39.7 Å². The number of ether oxygens (including phenoxy) is 1. The van der Waals surface area contributed by atoms with Crippen LogP contribution in [0.25, 0.3) is 0 Å². The Morgan fingerprint density at radius 3 is 2.40 bits per heavy atom. The van der Waals surface area contributed by atoms with Crippen LogP contribution in [0.3, 0.4) is 0 Å². The maximum absolute atomic E-state index is 12.4. The van der Waals surface area contributed by atoms with Crippen LogP contribution >= 0.6 is 0 Å². The monoisotopic (exact) mass is 370 g/mol. The predicted molar refractivity (Wildman–Crippen MR) is 94.7 cm³/mol. The molecule has 1 aliphatic rings. The lowest BCUT2D eigenvalue weighted by atomic mass is 9.75. The van der Waals surface area contributed by atoms with Gasteiger partial charge in [-0.2, -0.15) is 0 Å². The zero-order valence-corrected chi connectivity index (χ0v) is 15.6. The number of nitrogens with zero attached hydrogens (tertiary/aromatic N) is 2. The quantitative estimate of drug-likeness (QED) is 0.710. The molecule has 0 bridgehead atoms.